The topological polar surface area (TPSA) is 102 Å². The van der Waals surface area contributed by atoms with Crippen molar-refractivity contribution in [3.05, 3.63) is 73.5 Å². The minimum Gasteiger partial charge on any atom is -0.393 e. The molecule has 10 nitrogen and oxygen atoms in total. The Morgan fingerprint density at radius 1 is 1.16 bits per heavy atom. The van der Waals surface area contributed by atoms with Crippen LogP contribution in [-0.2, 0) is 0 Å². The average molecular weight is 414 g/mol. The van der Waals surface area contributed by atoms with E-state index in [1.165, 1.54) is 0 Å². The Morgan fingerprint density at radius 2 is 2.06 bits per heavy atom. The zero-order valence-electron chi connectivity index (χ0n) is 17.2. The van der Waals surface area contributed by atoms with Crippen molar-refractivity contribution >= 4 is 17.5 Å². The third-order valence-corrected chi connectivity index (χ3v) is 5.15. The molecule has 4 aromatic rings. The summed E-state index contributed by atoms with van der Waals surface area (Å²) in [4.78, 5) is 11.5. The van der Waals surface area contributed by atoms with Crippen molar-refractivity contribution in [2.45, 2.75) is 19.4 Å². The normalized spacial score (nSPS) is 15.0. The first kappa shape index (κ1) is 18.8. The summed E-state index contributed by atoms with van der Waals surface area (Å²) in [6, 6.07) is 10.1. The predicted octanol–water partition coefficient (Wildman–Crippen LogP) is 2.95. The number of nitrogens with one attached hydrogen (secondary N) is 2. The minimum atomic E-state index is -0.0292. The zero-order valence-corrected chi connectivity index (χ0v) is 17.2. The maximum Gasteiger partial charge on any atom is 0.228 e. The predicted molar refractivity (Wildman–Crippen MR) is 118 cm³/mol. The quantitative estimate of drug-likeness (QED) is 0.497. The molecule has 156 valence electrons. The molecular formula is C21H22N10. The molecule has 0 saturated carbocycles. The van der Waals surface area contributed by atoms with Crippen LogP contribution in [0.15, 0.2) is 67.6 Å². The van der Waals surface area contributed by atoms with Crippen molar-refractivity contribution in [1.82, 2.24) is 39.8 Å². The molecule has 31 heavy (non-hydrogen) atoms. The summed E-state index contributed by atoms with van der Waals surface area (Å²) in [7, 11) is 1.83. The van der Waals surface area contributed by atoms with Crippen LogP contribution in [0.5, 0.6) is 0 Å². The lowest BCUT2D eigenvalue weighted by molar-refractivity contribution is 0.590. The van der Waals surface area contributed by atoms with Crippen LogP contribution in [0.3, 0.4) is 0 Å². The molecule has 1 unspecified atom stereocenters. The van der Waals surface area contributed by atoms with Gasteiger partial charge in [-0.15, -0.1) is 10.2 Å². The highest BCUT2D eigenvalue weighted by atomic mass is 15.4. The first-order valence-corrected chi connectivity index (χ1v) is 10.1. The van der Waals surface area contributed by atoms with E-state index in [9.17, 15) is 0 Å². The van der Waals surface area contributed by atoms with Crippen LogP contribution >= 0.6 is 0 Å². The van der Waals surface area contributed by atoms with Gasteiger partial charge in [-0.05, 0) is 30.7 Å². The summed E-state index contributed by atoms with van der Waals surface area (Å²) in [5.74, 6) is 2.15. The SMILES string of the molecule is CCC1c2nncn2-c2cnc(N/C=C\NC)nc2N1c1cccc(-n2cccn2)c1. The van der Waals surface area contributed by atoms with Gasteiger partial charge in [-0.1, -0.05) is 13.0 Å². The van der Waals surface area contributed by atoms with E-state index in [1.807, 2.05) is 40.7 Å². The Kier molecular flexibility index (Phi) is 4.79. The molecule has 1 atom stereocenters. The molecule has 10 heteroatoms. The molecule has 0 spiro atoms. The fourth-order valence-electron chi connectivity index (χ4n) is 3.78. The van der Waals surface area contributed by atoms with Crippen LogP contribution < -0.4 is 15.5 Å². The lowest BCUT2D eigenvalue weighted by Crippen LogP contribution is -2.32. The highest BCUT2D eigenvalue weighted by Gasteiger charge is 2.34. The van der Waals surface area contributed by atoms with E-state index in [1.54, 1.807) is 31.1 Å². The zero-order chi connectivity index (χ0) is 21.2. The molecule has 0 amide bonds. The van der Waals surface area contributed by atoms with Gasteiger partial charge in [-0.25, -0.2) is 9.67 Å². The van der Waals surface area contributed by atoms with Crippen molar-refractivity contribution in [3.63, 3.8) is 0 Å². The smallest absolute Gasteiger partial charge is 0.228 e. The number of aromatic nitrogens is 7. The molecular weight excluding hydrogens is 392 g/mol. The second-order valence-corrected chi connectivity index (χ2v) is 6.99. The summed E-state index contributed by atoms with van der Waals surface area (Å²) < 4.78 is 3.80. The van der Waals surface area contributed by atoms with E-state index in [4.69, 9.17) is 4.98 Å². The van der Waals surface area contributed by atoms with Gasteiger partial charge in [0, 0.05) is 37.5 Å². The Bertz CT molecular complexity index is 1210. The van der Waals surface area contributed by atoms with E-state index in [0.717, 1.165) is 35.1 Å². The van der Waals surface area contributed by atoms with E-state index in [0.29, 0.717) is 5.95 Å². The summed E-state index contributed by atoms with van der Waals surface area (Å²) in [6.07, 6.45) is 11.6. The standard InChI is InChI=1S/C21H22N10/c1-3-17-20-28-25-14-29(20)18-13-24-21(23-10-9-22-2)27-19(18)31(17)16-7-4-6-15(12-16)30-11-5-8-26-30/h4-14,17,22H,3H2,1-2H3,(H,23,24,27)/b10-9-. The van der Waals surface area contributed by atoms with Gasteiger partial charge >= 0.3 is 0 Å². The van der Waals surface area contributed by atoms with Crippen molar-refractivity contribution in [2.75, 3.05) is 17.3 Å². The number of nitrogens with zero attached hydrogens (tertiary/aromatic N) is 8. The van der Waals surface area contributed by atoms with E-state index in [2.05, 4.69) is 54.9 Å². The number of benzene rings is 1. The molecule has 1 aromatic carbocycles. The van der Waals surface area contributed by atoms with Gasteiger partial charge in [0.25, 0.3) is 0 Å². The fraction of sp³-hybridized carbons (Fsp3) is 0.190. The van der Waals surface area contributed by atoms with Crippen LogP contribution in [0.1, 0.15) is 25.2 Å². The summed E-state index contributed by atoms with van der Waals surface area (Å²) in [5.41, 5.74) is 2.79. The van der Waals surface area contributed by atoms with E-state index in [-0.39, 0.29) is 6.04 Å². The van der Waals surface area contributed by atoms with Gasteiger partial charge in [0.2, 0.25) is 5.95 Å². The Labute approximate surface area is 179 Å². The van der Waals surface area contributed by atoms with Gasteiger partial charge in [-0.3, -0.25) is 4.57 Å². The molecule has 0 radical (unpaired) electrons. The molecule has 3 aromatic heterocycles. The maximum absolute atomic E-state index is 4.84. The molecule has 5 rings (SSSR count). The van der Waals surface area contributed by atoms with Gasteiger partial charge in [0.05, 0.1) is 17.9 Å². The highest BCUT2D eigenvalue weighted by Crippen LogP contribution is 2.43. The molecule has 1 aliphatic rings. The van der Waals surface area contributed by atoms with Crippen LogP contribution in [0.2, 0.25) is 0 Å². The monoisotopic (exact) mass is 414 g/mol. The molecule has 0 bridgehead atoms. The summed E-state index contributed by atoms with van der Waals surface area (Å²) >= 11 is 0. The Hall–Kier alpha value is -4.21. The van der Waals surface area contributed by atoms with Crippen molar-refractivity contribution < 1.29 is 0 Å². The Balaban J connectivity index is 1.65. The van der Waals surface area contributed by atoms with Gasteiger partial charge in [-0.2, -0.15) is 10.1 Å². The third kappa shape index (κ3) is 3.27. The molecule has 4 heterocycles. The van der Waals surface area contributed by atoms with Crippen LogP contribution in [-0.4, -0.2) is 41.6 Å². The van der Waals surface area contributed by atoms with Gasteiger partial charge < -0.3 is 15.5 Å². The average Bonchev–Trinajstić information content (AvgIpc) is 3.51. The lowest BCUT2D eigenvalue weighted by atomic mass is 10.1. The van der Waals surface area contributed by atoms with E-state index >= 15 is 0 Å². The van der Waals surface area contributed by atoms with Crippen LogP contribution in [0.4, 0.5) is 17.5 Å². The van der Waals surface area contributed by atoms with Crippen molar-refractivity contribution in [1.29, 1.82) is 0 Å². The molecule has 0 saturated heterocycles. The second-order valence-electron chi connectivity index (χ2n) is 6.99. The Morgan fingerprint density at radius 3 is 2.87 bits per heavy atom. The van der Waals surface area contributed by atoms with Crippen LogP contribution in [0, 0.1) is 0 Å². The lowest BCUT2D eigenvalue weighted by Gasteiger charge is -2.37. The molecule has 0 aliphatic carbocycles. The summed E-state index contributed by atoms with van der Waals surface area (Å²) in [5, 5.41) is 19.0. The number of hydrogen-bond acceptors (Lipinski definition) is 8. The fourth-order valence-corrected chi connectivity index (χ4v) is 3.78. The van der Waals surface area contributed by atoms with Gasteiger partial charge in [0.15, 0.2) is 11.6 Å². The van der Waals surface area contributed by atoms with Crippen molar-refractivity contribution in [2.24, 2.45) is 0 Å². The second kappa shape index (κ2) is 7.90. The third-order valence-electron chi connectivity index (χ3n) is 5.15. The number of rotatable bonds is 6. The van der Waals surface area contributed by atoms with Gasteiger partial charge in [0.1, 0.15) is 12.0 Å². The van der Waals surface area contributed by atoms with E-state index < -0.39 is 0 Å². The largest absolute Gasteiger partial charge is 0.393 e. The number of fused-ring (bicyclic) bond motifs is 3. The number of anilines is 3. The molecule has 2 N–H and O–H groups in total. The number of hydrogen-bond donors (Lipinski definition) is 2. The summed E-state index contributed by atoms with van der Waals surface area (Å²) in [6.45, 7) is 2.13. The maximum atomic E-state index is 4.84. The first-order valence-electron chi connectivity index (χ1n) is 10.1. The molecule has 1 aliphatic heterocycles. The molecule has 0 fully saturated rings. The van der Waals surface area contributed by atoms with Crippen LogP contribution in [0.25, 0.3) is 11.4 Å². The first-order chi connectivity index (χ1) is 15.3. The highest BCUT2D eigenvalue weighted by molar-refractivity contribution is 5.73. The minimum absolute atomic E-state index is 0.0292. The van der Waals surface area contributed by atoms with Crippen molar-refractivity contribution in [3.8, 4) is 11.4 Å².